The predicted octanol–water partition coefficient (Wildman–Crippen LogP) is 10.8. The largest absolute Gasteiger partial charge is 2.00 e. The number of benzene rings is 4. The first-order valence-electron chi connectivity index (χ1n) is 17.5. The van der Waals surface area contributed by atoms with Gasteiger partial charge < -0.3 is 9.30 Å². The summed E-state index contributed by atoms with van der Waals surface area (Å²) in [6.45, 7) is 8.55. The fraction of sp³-hybridized carbons (Fsp3) is 0.0870. The van der Waals surface area contributed by atoms with Crippen LogP contribution in [0.25, 0.3) is 67.0 Å². The molecule has 264 valence electrons. The standard InChI is InChI=1S/C46H34N6O.Pt/c1-29-14-23-49-42(26-29)51-40-11-6-5-10-38(40)39-13-12-37(28-41(39)51)53-36-9-7-8-35(27-36)52-46(34-17-21-48-22-18-34)44(43-31(3)24-30(2)25-32(43)4)45(50-52)33-15-19-47-20-16-33;/h5-26H,1-4H3;/q-2;+2. The average molecular weight is 882 g/mol. The molecule has 8 heteroatoms. The van der Waals surface area contributed by atoms with E-state index in [0.29, 0.717) is 11.5 Å². The van der Waals surface area contributed by atoms with Gasteiger partial charge in [-0.3, -0.25) is 14.6 Å². The number of aromatic nitrogens is 6. The Morgan fingerprint density at radius 3 is 2.04 bits per heavy atom. The van der Waals surface area contributed by atoms with Crippen LogP contribution < -0.4 is 4.74 Å². The third-order valence-corrected chi connectivity index (χ3v) is 9.61. The van der Waals surface area contributed by atoms with Crippen molar-refractivity contribution in [3.63, 3.8) is 0 Å². The van der Waals surface area contributed by atoms with Gasteiger partial charge in [-0.15, -0.1) is 35.7 Å². The number of hydrogen-bond donors (Lipinski definition) is 0. The first-order chi connectivity index (χ1) is 25.9. The van der Waals surface area contributed by atoms with E-state index in [9.17, 15) is 0 Å². The molecule has 0 saturated heterocycles. The fourth-order valence-electron chi connectivity index (χ4n) is 7.44. The van der Waals surface area contributed by atoms with E-state index in [1.54, 1.807) is 12.4 Å². The molecule has 0 amide bonds. The molecule has 7 nitrogen and oxygen atoms in total. The van der Waals surface area contributed by atoms with Crippen LogP contribution in [0.3, 0.4) is 0 Å². The zero-order valence-electron chi connectivity index (χ0n) is 30.1. The van der Waals surface area contributed by atoms with Gasteiger partial charge in [0.05, 0.1) is 5.69 Å². The third kappa shape index (κ3) is 6.21. The van der Waals surface area contributed by atoms with Gasteiger partial charge in [0, 0.05) is 64.7 Å². The van der Waals surface area contributed by atoms with E-state index in [4.69, 9.17) is 14.8 Å². The van der Waals surface area contributed by atoms with Crippen LogP contribution in [0, 0.1) is 39.8 Å². The van der Waals surface area contributed by atoms with Gasteiger partial charge in [0.15, 0.2) is 0 Å². The van der Waals surface area contributed by atoms with Gasteiger partial charge in [0.25, 0.3) is 0 Å². The predicted molar refractivity (Wildman–Crippen MR) is 211 cm³/mol. The fourth-order valence-corrected chi connectivity index (χ4v) is 7.44. The maximum Gasteiger partial charge on any atom is 2.00 e. The van der Waals surface area contributed by atoms with Gasteiger partial charge in [-0.25, -0.2) is 4.98 Å². The Balaban J connectivity index is 0.00000413. The second kappa shape index (κ2) is 14.3. The van der Waals surface area contributed by atoms with Gasteiger partial charge in [-0.1, -0.05) is 41.4 Å². The summed E-state index contributed by atoms with van der Waals surface area (Å²) >= 11 is 0. The van der Waals surface area contributed by atoms with Crippen LogP contribution in [0.1, 0.15) is 22.3 Å². The van der Waals surface area contributed by atoms with Crippen LogP contribution in [0.5, 0.6) is 11.5 Å². The summed E-state index contributed by atoms with van der Waals surface area (Å²) in [5.74, 6) is 1.95. The number of aryl methyl sites for hydroxylation is 4. The number of hydrogen-bond acceptors (Lipinski definition) is 5. The number of pyridine rings is 3. The molecular formula is C46H34N6OPt. The SMILES string of the molecule is Cc1ccnc(-n2c3[c-]c(Oc4[c-]c(-n5nc(-c6ccncc6)c(-c6c(C)cc(C)cc6C)c5-c5ccncc5)ccc4)ccc3c3ccccc32)c1.[Pt+2]. The maximum absolute atomic E-state index is 6.56. The monoisotopic (exact) mass is 881 g/mol. The van der Waals surface area contributed by atoms with Crippen LogP contribution in [0.15, 0.2) is 134 Å². The molecule has 54 heavy (non-hydrogen) atoms. The molecule has 0 aliphatic heterocycles. The minimum atomic E-state index is 0. The zero-order chi connectivity index (χ0) is 36.1. The zero-order valence-corrected chi connectivity index (χ0v) is 32.4. The van der Waals surface area contributed by atoms with E-state index in [0.717, 1.165) is 72.5 Å². The molecule has 0 aliphatic carbocycles. The third-order valence-electron chi connectivity index (χ3n) is 9.61. The van der Waals surface area contributed by atoms with Crippen LogP contribution in [0.2, 0.25) is 0 Å². The van der Waals surface area contributed by atoms with Crippen molar-refractivity contribution >= 4 is 21.8 Å². The van der Waals surface area contributed by atoms with Gasteiger partial charge in [0.2, 0.25) is 0 Å². The van der Waals surface area contributed by atoms with Crippen LogP contribution >= 0.6 is 0 Å². The number of fused-ring (bicyclic) bond motifs is 3. The molecule has 0 saturated carbocycles. The van der Waals surface area contributed by atoms with Crippen LogP contribution in [-0.4, -0.2) is 29.3 Å². The molecule has 0 radical (unpaired) electrons. The van der Waals surface area contributed by atoms with Gasteiger partial charge in [-0.2, -0.15) is 17.2 Å². The summed E-state index contributed by atoms with van der Waals surface area (Å²) in [5, 5.41) is 7.54. The Morgan fingerprint density at radius 1 is 0.593 bits per heavy atom. The second-order valence-electron chi connectivity index (χ2n) is 13.4. The Labute approximate surface area is 328 Å². The van der Waals surface area contributed by atoms with Crippen molar-refractivity contribution in [1.29, 1.82) is 0 Å². The number of nitrogens with zero attached hydrogens (tertiary/aromatic N) is 6. The van der Waals surface area contributed by atoms with Gasteiger partial charge in [-0.05, 0) is 103 Å². The van der Waals surface area contributed by atoms with Crippen molar-refractivity contribution < 1.29 is 25.8 Å². The molecule has 0 N–H and O–H groups in total. The quantitative estimate of drug-likeness (QED) is 0.149. The molecule has 0 atom stereocenters. The second-order valence-corrected chi connectivity index (χ2v) is 13.4. The van der Waals surface area contributed by atoms with Gasteiger partial charge >= 0.3 is 21.1 Å². The van der Waals surface area contributed by atoms with E-state index in [1.165, 1.54) is 16.7 Å². The van der Waals surface area contributed by atoms with E-state index < -0.39 is 0 Å². The van der Waals surface area contributed by atoms with Crippen molar-refractivity contribution in [2.45, 2.75) is 27.7 Å². The molecule has 0 unspecified atom stereocenters. The molecule has 9 rings (SSSR count). The van der Waals surface area contributed by atoms with Gasteiger partial charge in [0.1, 0.15) is 11.5 Å². The Bertz CT molecular complexity index is 2780. The normalized spacial score (nSPS) is 11.2. The van der Waals surface area contributed by atoms with Crippen LogP contribution in [-0.2, 0) is 21.1 Å². The first kappa shape index (κ1) is 34.9. The molecule has 4 aromatic carbocycles. The molecule has 0 bridgehead atoms. The topological polar surface area (TPSA) is 70.7 Å². The van der Waals surface area contributed by atoms with E-state index in [2.05, 4.69) is 96.8 Å². The van der Waals surface area contributed by atoms with E-state index in [-0.39, 0.29) is 21.1 Å². The smallest absolute Gasteiger partial charge is 0.509 e. The Kier molecular flexibility index (Phi) is 9.26. The molecule has 9 aromatic rings. The van der Waals surface area contributed by atoms with E-state index in [1.807, 2.05) is 83.9 Å². The molecule has 0 aliphatic rings. The molecule has 0 fully saturated rings. The first-order valence-corrected chi connectivity index (χ1v) is 17.5. The summed E-state index contributed by atoms with van der Waals surface area (Å²) in [6.07, 6.45) is 9.09. The summed E-state index contributed by atoms with van der Waals surface area (Å²) < 4.78 is 10.7. The van der Waals surface area contributed by atoms with Crippen molar-refractivity contribution in [2.75, 3.05) is 0 Å². The Morgan fingerprint density at radius 2 is 1.30 bits per heavy atom. The van der Waals surface area contributed by atoms with E-state index >= 15 is 0 Å². The minimum Gasteiger partial charge on any atom is -0.509 e. The molecule has 5 aromatic heterocycles. The number of ether oxygens (including phenoxy) is 1. The van der Waals surface area contributed by atoms with Crippen molar-refractivity contribution in [1.82, 2.24) is 29.3 Å². The summed E-state index contributed by atoms with van der Waals surface area (Å²) in [5.41, 5.74) is 13.3. The van der Waals surface area contributed by atoms with Crippen molar-refractivity contribution in [2.24, 2.45) is 0 Å². The average Bonchev–Trinajstić information content (AvgIpc) is 3.72. The van der Waals surface area contributed by atoms with Crippen molar-refractivity contribution in [3.05, 3.63) is 168 Å². The summed E-state index contributed by atoms with van der Waals surface area (Å²) in [4.78, 5) is 13.4. The number of rotatable bonds is 7. The summed E-state index contributed by atoms with van der Waals surface area (Å²) in [7, 11) is 0. The molecule has 5 heterocycles. The molecule has 0 spiro atoms. The summed E-state index contributed by atoms with van der Waals surface area (Å²) in [6, 6.07) is 42.0. The van der Waals surface area contributed by atoms with Crippen molar-refractivity contribution in [3.8, 4) is 56.6 Å². The maximum atomic E-state index is 6.56. The number of para-hydroxylation sites is 1. The molecular weight excluding hydrogens is 848 g/mol. The Hall–Kier alpha value is -6.17. The van der Waals surface area contributed by atoms with Crippen LogP contribution in [0.4, 0.5) is 0 Å². The minimum absolute atomic E-state index is 0.